The van der Waals surface area contributed by atoms with Gasteiger partial charge in [-0.2, -0.15) is 0 Å². The summed E-state index contributed by atoms with van der Waals surface area (Å²) in [6.07, 6.45) is 7.11. The van der Waals surface area contributed by atoms with Crippen molar-refractivity contribution >= 4 is 43.9 Å². The van der Waals surface area contributed by atoms with E-state index in [1.54, 1.807) is 24.8 Å². The molecule has 7 rings (SSSR count). The molecule has 7 aromatic rings. The zero-order valence-electron chi connectivity index (χ0n) is 18.4. The Morgan fingerprint density at radius 3 is 1.23 bits per heavy atom. The van der Waals surface area contributed by atoms with Gasteiger partial charge in [0.2, 0.25) is 0 Å². The fourth-order valence-electron chi connectivity index (χ4n) is 3.97. The van der Waals surface area contributed by atoms with Crippen LogP contribution in [0.15, 0.2) is 110 Å². The summed E-state index contributed by atoms with van der Waals surface area (Å²) in [6.45, 7) is 0. The van der Waals surface area contributed by atoms with Crippen LogP contribution in [-0.2, 0) is 21.1 Å². The first-order valence-corrected chi connectivity index (χ1v) is 10.9. The maximum absolute atomic E-state index is 4.83. The average Bonchev–Trinajstić information content (AvgIpc) is 2.94. The molecule has 0 aliphatic rings. The fourth-order valence-corrected chi connectivity index (χ4v) is 3.97. The number of aromatic nitrogens is 6. The molecule has 0 saturated carbocycles. The zero-order valence-corrected chi connectivity index (χ0v) is 20.7. The molecule has 5 aromatic heterocycles. The van der Waals surface area contributed by atoms with Crippen LogP contribution in [0.25, 0.3) is 55.3 Å². The first-order valence-electron chi connectivity index (χ1n) is 10.9. The molecule has 0 bridgehead atoms. The summed E-state index contributed by atoms with van der Waals surface area (Å²) in [5, 5.41) is 1.98. The molecule has 0 aliphatic heterocycles. The van der Waals surface area contributed by atoms with Crippen LogP contribution < -0.4 is 0 Å². The van der Waals surface area contributed by atoms with Crippen molar-refractivity contribution < 1.29 is 21.1 Å². The third-order valence-corrected chi connectivity index (χ3v) is 5.51. The van der Waals surface area contributed by atoms with E-state index in [-0.39, 0.29) is 21.1 Å². The van der Waals surface area contributed by atoms with Crippen molar-refractivity contribution in [3.8, 4) is 11.4 Å². The molecule has 35 heavy (non-hydrogen) atoms. The minimum Gasteiger partial charge on any atom is -0.255 e. The van der Waals surface area contributed by atoms with E-state index in [9.17, 15) is 0 Å². The van der Waals surface area contributed by atoms with Gasteiger partial charge in [0.05, 0.1) is 44.5 Å². The molecule has 0 atom stereocenters. The molecule has 0 unspecified atom stereocenters. The molecular weight excluding hydrogens is 615 g/mol. The predicted octanol–water partition coefficient (Wildman–Crippen LogP) is 6.02. The van der Waals surface area contributed by atoms with Crippen LogP contribution in [0.2, 0.25) is 0 Å². The molecule has 7 heteroatoms. The van der Waals surface area contributed by atoms with E-state index in [0.29, 0.717) is 0 Å². The van der Waals surface area contributed by atoms with E-state index in [1.807, 2.05) is 84.9 Å². The first-order chi connectivity index (χ1) is 16.9. The Bertz CT molecular complexity index is 1630. The second-order valence-electron chi connectivity index (χ2n) is 7.64. The smallest absolute Gasteiger partial charge is 0.0996 e. The van der Waals surface area contributed by atoms with E-state index in [2.05, 4.69) is 19.9 Å². The Labute approximate surface area is 215 Å². The van der Waals surface area contributed by atoms with Gasteiger partial charge >= 0.3 is 0 Å². The Morgan fingerprint density at radius 1 is 0.371 bits per heavy atom. The normalized spacial score (nSPS) is 10.6. The fraction of sp³-hybridized carbons (Fsp3) is 0. The second-order valence-corrected chi connectivity index (χ2v) is 7.64. The van der Waals surface area contributed by atoms with Crippen molar-refractivity contribution in [1.82, 2.24) is 29.9 Å². The maximum Gasteiger partial charge on any atom is 0.0996 e. The van der Waals surface area contributed by atoms with Gasteiger partial charge in [0.25, 0.3) is 0 Å². The van der Waals surface area contributed by atoms with Crippen molar-refractivity contribution in [1.29, 1.82) is 0 Å². The van der Waals surface area contributed by atoms with Crippen LogP contribution >= 0.6 is 0 Å². The topological polar surface area (TPSA) is 77.3 Å². The first kappa shape index (κ1) is 22.6. The number of fused-ring (bicyclic) bond motifs is 7. The van der Waals surface area contributed by atoms with Crippen LogP contribution in [0.3, 0.4) is 0 Å². The zero-order chi connectivity index (χ0) is 22.7. The Hall–Kier alpha value is -4.15. The van der Waals surface area contributed by atoms with Crippen molar-refractivity contribution in [3.63, 3.8) is 0 Å². The maximum atomic E-state index is 4.83. The summed E-state index contributed by atoms with van der Waals surface area (Å²) in [4.78, 5) is 27.0. The number of para-hydroxylation sites is 2. The number of rotatable bonds is 1. The van der Waals surface area contributed by atoms with Gasteiger partial charge in [-0.1, -0.05) is 24.3 Å². The Morgan fingerprint density at radius 2 is 0.800 bits per heavy atom. The SMILES string of the molecule is [Pt].c1ccc(-c2ccccn2)nc1.c1ccc2nc3c4cccnc4c4ncccc4c3nc2c1. The van der Waals surface area contributed by atoms with Crippen LogP contribution in [-0.4, -0.2) is 29.9 Å². The van der Waals surface area contributed by atoms with E-state index in [0.717, 1.165) is 55.3 Å². The summed E-state index contributed by atoms with van der Waals surface area (Å²) in [5.74, 6) is 0. The number of benzene rings is 2. The number of hydrogen-bond donors (Lipinski definition) is 0. The molecule has 0 spiro atoms. The van der Waals surface area contributed by atoms with Gasteiger partial charge in [0.15, 0.2) is 0 Å². The molecule has 0 amide bonds. The summed E-state index contributed by atoms with van der Waals surface area (Å²) < 4.78 is 0. The van der Waals surface area contributed by atoms with Crippen LogP contribution in [0.4, 0.5) is 0 Å². The van der Waals surface area contributed by atoms with Crippen molar-refractivity contribution in [2.45, 2.75) is 0 Å². The summed E-state index contributed by atoms with van der Waals surface area (Å²) in [5.41, 5.74) is 7.11. The van der Waals surface area contributed by atoms with E-state index in [4.69, 9.17) is 9.97 Å². The minimum absolute atomic E-state index is 0. The van der Waals surface area contributed by atoms with Gasteiger partial charge in [-0.05, 0) is 60.7 Å². The van der Waals surface area contributed by atoms with Gasteiger partial charge in [-0.15, -0.1) is 0 Å². The van der Waals surface area contributed by atoms with Crippen molar-refractivity contribution in [3.05, 3.63) is 110 Å². The molecule has 0 aliphatic carbocycles. The van der Waals surface area contributed by atoms with Crippen LogP contribution in [0, 0.1) is 0 Å². The van der Waals surface area contributed by atoms with E-state index >= 15 is 0 Å². The van der Waals surface area contributed by atoms with Gasteiger partial charge in [-0.25, -0.2) is 9.97 Å². The standard InChI is InChI=1S/C18H10N4.C10H8N2.Pt/c1-2-8-14-13(7-1)21-17-11-5-3-9-19-15(11)16-12(18(17)22-14)6-4-10-20-16;1-3-7-11-9(5-1)10-6-2-4-8-12-10;/h1-10H;1-8H;. The van der Waals surface area contributed by atoms with Crippen molar-refractivity contribution in [2.24, 2.45) is 0 Å². The number of nitrogens with zero attached hydrogens (tertiary/aromatic N) is 6. The molecule has 0 fully saturated rings. The third kappa shape index (κ3) is 4.36. The number of pyridine rings is 4. The quantitative estimate of drug-likeness (QED) is 0.163. The molecule has 0 N–H and O–H groups in total. The monoisotopic (exact) mass is 633 g/mol. The largest absolute Gasteiger partial charge is 0.255 e. The Kier molecular flexibility index (Phi) is 6.46. The molecule has 2 aromatic carbocycles. The molecule has 170 valence electrons. The minimum atomic E-state index is 0. The molecule has 0 radical (unpaired) electrons. The van der Waals surface area contributed by atoms with Gasteiger partial charge in [0.1, 0.15) is 0 Å². The summed E-state index contributed by atoms with van der Waals surface area (Å²) >= 11 is 0. The predicted molar refractivity (Wildman–Crippen MR) is 135 cm³/mol. The average molecular weight is 634 g/mol. The summed E-state index contributed by atoms with van der Waals surface area (Å²) in [7, 11) is 0. The van der Waals surface area contributed by atoms with Crippen LogP contribution in [0.1, 0.15) is 0 Å². The van der Waals surface area contributed by atoms with Gasteiger partial charge < -0.3 is 0 Å². The van der Waals surface area contributed by atoms with E-state index in [1.165, 1.54) is 0 Å². The van der Waals surface area contributed by atoms with Gasteiger partial charge in [-0.3, -0.25) is 19.9 Å². The van der Waals surface area contributed by atoms with Crippen molar-refractivity contribution in [2.75, 3.05) is 0 Å². The number of hydrogen-bond acceptors (Lipinski definition) is 6. The third-order valence-electron chi connectivity index (χ3n) is 5.51. The Balaban J connectivity index is 0.000000167. The second kappa shape index (κ2) is 10.00. The van der Waals surface area contributed by atoms with Crippen LogP contribution in [0.5, 0.6) is 0 Å². The molecule has 0 saturated heterocycles. The summed E-state index contributed by atoms with van der Waals surface area (Å²) in [6, 6.07) is 27.4. The van der Waals surface area contributed by atoms with E-state index < -0.39 is 0 Å². The van der Waals surface area contributed by atoms with Gasteiger partial charge in [0, 0.05) is 56.6 Å². The molecule has 5 heterocycles. The molecular formula is C28H18N6Pt. The molecule has 6 nitrogen and oxygen atoms in total.